The number of carbonyl (C=O) groups excluding carboxylic acids is 1. The predicted octanol–water partition coefficient (Wildman–Crippen LogP) is 2.50. The summed E-state index contributed by atoms with van der Waals surface area (Å²) in [6, 6.07) is 8.96. The van der Waals surface area contributed by atoms with Crippen molar-refractivity contribution in [1.82, 2.24) is 0 Å². The first-order valence-electron chi connectivity index (χ1n) is 6.34. The summed E-state index contributed by atoms with van der Waals surface area (Å²) < 4.78 is 15.2. The van der Waals surface area contributed by atoms with Gasteiger partial charge in [0.05, 0.1) is 13.4 Å². The molecule has 0 fully saturated rings. The van der Waals surface area contributed by atoms with Crippen molar-refractivity contribution in [2.75, 3.05) is 7.11 Å². The first kappa shape index (κ1) is 15.9. The number of ether oxygens (including phenoxy) is 2. The Hall–Kier alpha value is -3.53. The van der Waals surface area contributed by atoms with Gasteiger partial charge < -0.3 is 19.0 Å². The van der Waals surface area contributed by atoms with Crippen LogP contribution in [0.3, 0.4) is 0 Å². The summed E-state index contributed by atoms with van der Waals surface area (Å²) in [6.07, 6.45) is 2.53. The van der Waals surface area contributed by atoms with E-state index in [-0.39, 0.29) is 17.3 Å². The lowest BCUT2D eigenvalue weighted by Crippen LogP contribution is -2.08. The third kappa shape index (κ3) is 3.77. The van der Waals surface area contributed by atoms with Crippen molar-refractivity contribution < 1.29 is 28.6 Å². The Kier molecular flexibility index (Phi) is 4.79. The van der Waals surface area contributed by atoms with Gasteiger partial charge in [0.2, 0.25) is 5.76 Å². The third-order valence-electron chi connectivity index (χ3n) is 2.77. The number of carboxylic acids is 1. The first-order valence-corrected chi connectivity index (χ1v) is 6.34. The van der Waals surface area contributed by atoms with Gasteiger partial charge in [-0.1, -0.05) is 6.07 Å². The maximum atomic E-state index is 11.8. The largest absolute Gasteiger partial charge is 0.493 e. The van der Waals surface area contributed by atoms with Gasteiger partial charge in [0.15, 0.2) is 11.5 Å². The second-order valence-electron chi connectivity index (χ2n) is 4.25. The Morgan fingerprint density at radius 3 is 2.65 bits per heavy atom. The molecule has 0 aliphatic carbocycles. The molecule has 1 aromatic heterocycles. The molecule has 0 aliphatic rings. The average molecular weight is 313 g/mol. The van der Waals surface area contributed by atoms with Gasteiger partial charge in [0.1, 0.15) is 11.6 Å². The molecule has 0 saturated heterocycles. The molecule has 116 valence electrons. The van der Waals surface area contributed by atoms with E-state index in [9.17, 15) is 9.59 Å². The molecule has 2 rings (SSSR count). The second kappa shape index (κ2) is 6.95. The van der Waals surface area contributed by atoms with E-state index in [0.29, 0.717) is 5.56 Å². The van der Waals surface area contributed by atoms with Crippen LogP contribution in [0.15, 0.2) is 46.6 Å². The Balaban J connectivity index is 2.28. The number of benzene rings is 1. The summed E-state index contributed by atoms with van der Waals surface area (Å²) in [6.45, 7) is 0. The van der Waals surface area contributed by atoms with Crippen LogP contribution in [-0.4, -0.2) is 24.2 Å². The number of rotatable bonds is 5. The number of carboxylic acid groups (broad SMARTS) is 1. The standard InChI is InChI=1S/C16H11NO6/c1-21-14-8-10(7-11(9-17)15(18)19)4-5-12(14)23-16(20)13-3-2-6-22-13/h2-8H,1H3,(H,18,19)/b11-7+. The molecule has 2 aromatic rings. The average Bonchev–Trinajstić information content (AvgIpc) is 3.07. The third-order valence-corrected chi connectivity index (χ3v) is 2.77. The highest BCUT2D eigenvalue weighted by molar-refractivity contribution is 5.96. The van der Waals surface area contributed by atoms with Gasteiger partial charge in [-0.25, -0.2) is 9.59 Å². The monoisotopic (exact) mass is 313 g/mol. The van der Waals surface area contributed by atoms with Crippen molar-refractivity contribution in [1.29, 1.82) is 5.26 Å². The van der Waals surface area contributed by atoms with Crippen LogP contribution >= 0.6 is 0 Å². The molecule has 23 heavy (non-hydrogen) atoms. The normalized spacial score (nSPS) is 10.7. The van der Waals surface area contributed by atoms with E-state index in [0.717, 1.165) is 0 Å². The summed E-state index contributed by atoms with van der Waals surface area (Å²) in [7, 11) is 1.37. The summed E-state index contributed by atoms with van der Waals surface area (Å²) in [5, 5.41) is 17.6. The van der Waals surface area contributed by atoms with E-state index in [1.807, 2.05) is 0 Å². The van der Waals surface area contributed by atoms with E-state index >= 15 is 0 Å². The van der Waals surface area contributed by atoms with E-state index in [1.54, 1.807) is 12.1 Å². The van der Waals surface area contributed by atoms with Crippen LogP contribution in [0.25, 0.3) is 6.08 Å². The van der Waals surface area contributed by atoms with Crippen molar-refractivity contribution in [2.24, 2.45) is 0 Å². The minimum absolute atomic E-state index is 0.0358. The minimum atomic E-state index is -1.33. The molecular formula is C16H11NO6. The molecule has 0 atom stereocenters. The van der Waals surface area contributed by atoms with Crippen molar-refractivity contribution in [3.05, 3.63) is 53.5 Å². The Morgan fingerprint density at radius 1 is 1.30 bits per heavy atom. The van der Waals surface area contributed by atoms with Gasteiger partial charge >= 0.3 is 11.9 Å². The number of esters is 1. The van der Waals surface area contributed by atoms with Crippen LogP contribution in [0.4, 0.5) is 0 Å². The lowest BCUT2D eigenvalue weighted by Gasteiger charge is -2.09. The van der Waals surface area contributed by atoms with Crippen molar-refractivity contribution in [3.8, 4) is 17.6 Å². The maximum absolute atomic E-state index is 11.8. The number of methoxy groups -OCH3 is 1. The number of hydrogen-bond acceptors (Lipinski definition) is 6. The number of furan rings is 1. The number of nitriles is 1. The van der Waals surface area contributed by atoms with Crippen LogP contribution in [0.2, 0.25) is 0 Å². The topological polar surface area (TPSA) is 110 Å². The molecule has 1 N–H and O–H groups in total. The lowest BCUT2D eigenvalue weighted by molar-refractivity contribution is -0.132. The number of nitrogens with zero attached hydrogens (tertiary/aromatic N) is 1. The van der Waals surface area contributed by atoms with E-state index in [2.05, 4.69) is 0 Å². The molecular weight excluding hydrogens is 302 g/mol. The van der Waals surface area contributed by atoms with Gasteiger partial charge in [0, 0.05) is 0 Å². The second-order valence-corrected chi connectivity index (χ2v) is 4.25. The number of carbonyl (C=O) groups is 2. The molecule has 1 aromatic carbocycles. The number of aliphatic carboxylic acids is 1. The molecule has 0 spiro atoms. The highest BCUT2D eigenvalue weighted by atomic mass is 16.6. The lowest BCUT2D eigenvalue weighted by atomic mass is 10.1. The van der Waals surface area contributed by atoms with Gasteiger partial charge in [-0.3, -0.25) is 0 Å². The SMILES string of the molecule is COc1cc(/C=C(\C#N)C(=O)O)ccc1OC(=O)c1ccco1. The van der Waals surface area contributed by atoms with Gasteiger partial charge in [-0.15, -0.1) is 0 Å². The van der Waals surface area contributed by atoms with Crippen molar-refractivity contribution in [2.45, 2.75) is 0 Å². The van der Waals surface area contributed by atoms with E-state index in [1.165, 1.54) is 43.7 Å². The van der Waals surface area contributed by atoms with Crippen LogP contribution in [-0.2, 0) is 4.79 Å². The number of hydrogen-bond donors (Lipinski definition) is 1. The molecule has 0 aliphatic heterocycles. The van der Waals surface area contributed by atoms with E-state index < -0.39 is 17.5 Å². The summed E-state index contributed by atoms with van der Waals surface area (Å²) >= 11 is 0. The minimum Gasteiger partial charge on any atom is -0.493 e. The maximum Gasteiger partial charge on any atom is 0.379 e. The first-order chi connectivity index (χ1) is 11.0. The van der Waals surface area contributed by atoms with Crippen molar-refractivity contribution >= 4 is 18.0 Å². The van der Waals surface area contributed by atoms with Gasteiger partial charge in [-0.2, -0.15) is 5.26 Å². The fraction of sp³-hybridized carbons (Fsp3) is 0.0625. The van der Waals surface area contributed by atoms with Crippen molar-refractivity contribution in [3.63, 3.8) is 0 Å². The Labute approximate surface area is 131 Å². The zero-order valence-corrected chi connectivity index (χ0v) is 12.0. The quantitative estimate of drug-likeness (QED) is 0.391. The highest BCUT2D eigenvalue weighted by Crippen LogP contribution is 2.29. The Morgan fingerprint density at radius 2 is 2.09 bits per heavy atom. The molecule has 0 bridgehead atoms. The van der Waals surface area contributed by atoms with Crippen LogP contribution in [0, 0.1) is 11.3 Å². The molecule has 7 nitrogen and oxygen atoms in total. The van der Waals surface area contributed by atoms with Crippen LogP contribution < -0.4 is 9.47 Å². The van der Waals surface area contributed by atoms with Crippen LogP contribution in [0.5, 0.6) is 11.5 Å². The van der Waals surface area contributed by atoms with E-state index in [4.69, 9.17) is 24.3 Å². The fourth-order valence-corrected chi connectivity index (χ4v) is 1.71. The zero-order chi connectivity index (χ0) is 16.8. The fourth-order valence-electron chi connectivity index (χ4n) is 1.71. The molecule has 1 heterocycles. The molecule has 0 saturated carbocycles. The predicted molar refractivity (Wildman–Crippen MR) is 77.9 cm³/mol. The highest BCUT2D eigenvalue weighted by Gasteiger charge is 2.15. The molecule has 0 amide bonds. The molecule has 0 radical (unpaired) electrons. The smallest absolute Gasteiger partial charge is 0.379 e. The van der Waals surface area contributed by atoms with Crippen LogP contribution in [0.1, 0.15) is 16.1 Å². The zero-order valence-electron chi connectivity index (χ0n) is 12.0. The molecule has 7 heteroatoms. The van der Waals surface area contributed by atoms with Gasteiger partial charge in [-0.05, 0) is 35.9 Å². The van der Waals surface area contributed by atoms with Gasteiger partial charge in [0.25, 0.3) is 0 Å². The molecule has 0 unspecified atom stereocenters. The summed E-state index contributed by atoms with van der Waals surface area (Å²) in [4.78, 5) is 22.7. The summed E-state index contributed by atoms with van der Waals surface area (Å²) in [5.74, 6) is -1.64. The summed E-state index contributed by atoms with van der Waals surface area (Å²) in [5.41, 5.74) is -0.00835. The Bertz CT molecular complexity index is 798.